The number of hydrogen-bond donors (Lipinski definition) is 1. The SMILES string of the molecule is CCOCCN(CC)S(=O)(=O)c1cn(C)nc1N. The van der Waals surface area contributed by atoms with Crippen LogP contribution in [0.5, 0.6) is 0 Å². The van der Waals surface area contributed by atoms with Crippen molar-refractivity contribution in [3.8, 4) is 0 Å². The molecule has 0 amide bonds. The van der Waals surface area contributed by atoms with Crippen molar-refractivity contribution < 1.29 is 13.2 Å². The molecule has 104 valence electrons. The molecular formula is C10H20N4O3S. The number of nitrogens with two attached hydrogens (primary N) is 1. The zero-order valence-corrected chi connectivity index (χ0v) is 11.8. The number of nitrogen functional groups attached to an aromatic ring is 1. The van der Waals surface area contributed by atoms with Crippen LogP contribution in [0, 0.1) is 0 Å². The van der Waals surface area contributed by atoms with Crippen molar-refractivity contribution in [2.24, 2.45) is 7.05 Å². The maximum Gasteiger partial charge on any atom is 0.248 e. The summed E-state index contributed by atoms with van der Waals surface area (Å²) in [5.41, 5.74) is 5.61. The van der Waals surface area contributed by atoms with Crippen LogP contribution in [0.1, 0.15) is 13.8 Å². The van der Waals surface area contributed by atoms with Crippen LogP contribution in [0.3, 0.4) is 0 Å². The van der Waals surface area contributed by atoms with Crippen molar-refractivity contribution in [1.82, 2.24) is 14.1 Å². The van der Waals surface area contributed by atoms with E-state index in [1.54, 1.807) is 14.0 Å². The molecule has 0 aliphatic rings. The number of likely N-dealkylation sites (N-methyl/N-ethyl adjacent to an activating group) is 1. The van der Waals surface area contributed by atoms with E-state index in [4.69, 9.17) is 10.5 Å². The van der Waals surface area contributed by atoms with E-state index in [-0.39, 0.29) is 10.7 Å². The second-order valence-corrected chi connectivity index (χ2v) is 5.65. The summed E-state index contributed by atoms with van der Waals surface area (Å²) in [4.78, 5) is 0.0448. The van der Waals surface area contributed by atoms with Crippen molar-refractivity contribution in [2.45, 2.75) is 18.7 Å². The number of ether oxygens (including phenoxy) is 1. The smallest absolute Gasteiger partial charge is 0.248 e. The quantitative estimate of drug-likeness (QED) is 0.711. The minimum Gasteiger partial charge on any atom is -0.381 e. The van der Waals surface area contributed by atoms with Gasteiger partial charge in [0, 0.05) is 32.9 Å². The van der Waals surface area contributed by atoms with Crippen LogP contribution in [0.4, 0.5) is 5.82 Å². The van der Waals surface area contributed by atoms with Crippen LogP contribution in [0.2, 0.25) is 0 Å². The van der Waals surface area contributed by atoms with Crippen LogP contribution in [0.25, 0.3) is 0 Å². The molecule has 18 heavy (non-hydrogen) atoms. The molecule has 0 aliphatic heterocycles. The third-order valence-electron chi connectivity index (χ3n) is 2.48. The second kappa shape index (κ2) is 6.17. The molecule has 0 saturated carbocycles. The molecule has 1 heterocycles. The highest BCUT2D eigenvalue weighted by molar-refractivity contribution is 7.89. The summed E-state index contributed by atoms with van der Waals surface area (Å²) in [5, 5.41) is 3.85. The zero-order chi connectivity index (χ0) is 13.8. The lowest BCUT2D eigenvalue weighted by atomic mass is 10.6. The standard InChI is InChI=1S/C10H20N4O3S/c1-4-14(6-7-17-5-2)18(15,16)9-8-13(3)12-10(9)11/h8H,4-7H2,1-3H3,(H2,11,12). The fraction of sp³-hybridized carbons (Fsp3) is 0.700. The molecule has 0 fully saturated rings. The first-order valence-electron chi connectivity index (χ1n) is 5.80. The van der Waals surface area contributed by atoms with E-state index in [9.17, 15) is 8.42 Å². The first-order valence-corrected chi connectivity index (χ1v) is 7.24. The number of aromatic nitrogens is 2. The van der Waals surface area contributed by atoms with Crippen molar-refractivity contribution in [3.63, 3.8) is 0 Å². The van der Waals surface area contributed by atoms with Gasteiger partial charge in [0.05, 0.1) is 6.61 Å². The summed E-state index contributed by atoms with van der Waals surface area (Å²) in [6.45, 7) is 5.24. The van der Waals surface area contributed by atoms with Crippen molar-refractivity contribution in [1.29, 1.82) is 0 Å². The van der Waals surface area contributed by atoms with E-state index < -0.39 is 10.0 Å². The number of nitrogens with zero attached hydrogens (tertiary/aromatic N) is 3. The highest BCUT2D eigenvalue weighted by Gasteiger charge is 2.27. The lowest BCUT2D eigenvalue weighted by molar-refractivity contribution is 0.135. The first-order chi connectivity index (χ1) is 8.43. The summed E-state index contributed by atoms with van der Waals surface area (Å²) in [7, 11) is -1.97. The lowest BCUT2D eigenvalue weighted by Gasteiger charge is -2.19. The van der Waals surface area contributed by atoms with Gasteiger partial charge in [-0.25, -0.2) is 8.42 Å². The fourth-order valence-electron chi connectivity index (χ4n) is 1.58. The summed E-state index contributed by atoms with van der Waals surface area (Å²) >= 11 is 0. The minimum absolute atomic E-state index is 0.0207. The van der Waals surface area contributed by atoms with Gasteiger partial charge in [0.2, 0.25) is 10.0 Å². The Morgan fingerprint density at radius 1 is 1.50 bits per heavy atom. The van der Waals surface area contributed by atoms with Gasteiger partial charge in [-0.1, -0.05) is 6.92 Å². The van der Waals surface area contributed by atoms with E-state index in [2.05, 4.69) is 5.10 Å². The Morgan fingerprint density at radius 2 is 2.17 bits per heavy atom. The molecule has 0 spiro atoms. The predicted molar refractivity (Wildman–Crippen MR) is 68.5 cm³/mol. The van der Waals surface area contributed by atoms with Gasteiger partial charge in [-0.15, -0.1) is 0 Å². The number of anilines is 1. The van der Waals surface area contributed by atoms with Gasteiger partial charge in [0.1, 0.15) is 4.90 Å². The monoisotopic (exact) mass is 276 g/mol. The molecule has 1 aromatic rings. The van der Waals surface area contributed by atoms with Crippen molar-refractivity contribution >= 4 is 15.8 Å². The number of aryl methyl sites for hydroxylation is 1. The van der Waals surface area contributed by atoms with Gasteiger partial charge in [0.25, 0.3) is 0 Å². The van der Waals surface area contributed by atoms with Gasteiger partial charge in [-0.05, 0) is 6.92 Å². The Bertz CT molecular complexity index is 483. The summed E-state index contributed by atoms with van der Waals surface area (Å²) in [6.07, 6.45) is 1.41. The molecule has 0 aliphatic carbocycles. The van der Waals surface area contributed by atoms with Crippen LogP contribution >= 0.6 is 0 Å². The zero-order valence-electron chi connectivity index (χ0n) is 11.0. The van der Waals surface area contributed by atoms with Gasteiger partial charge in [-0.2, -0.15) is 9.40 Å². The molecule has 1 aromatic heterocycles. The van der Waals surface area contributed by atoms with Gasteiger partial charge < -0.3 is 10.5 Å². The van der Waals surface area contributed by atoms with Gasteiger partial charge >= 0.3 is 0 Å². The summed E-state index contributed by atoms with van der Waals surface area (Å²) in [5.74, 6) is 0.0207. The van der Waals surface area contributed by atoms with Gasteiger partial charge in [0.15, 0.2) is 5.82 Å². The Kier molecular flexibility index (Phi) is 5.12. The fourth-order valence-corrected chi connectivity index (χ4v) is 3.10. The average Bonchev–Trinajstić information content (AvgIpc) is 2.64. The lowest BCUT2D eigenvalue weighted by Crippen LogP contribution is -2.34. The highest BCUT2D eigenvalue weighted by Crippen LogP contribution is 2.20. The molecule has 7 nitrogen and oxygen atoms in total. The molecule has 2 N–H and O–H groups in total. The Labute approximate surface area is 108 Å². The topological polar surface area (TPSA) is 90.5 Å². The Hall–Kier alpha value is -1.12. The molecule has 8 heteroatoms. The molecular weight excluding hydrogens is 256 g/mol. The van der Waals surface area contributed by atoms with Gasteiger partial charge in [-0.3, -0.25) is 4.68 Å². The molecule has 0 saturated heterocycles. The summed E-state index contributed by atoms with van der Waals surface area (Å²) < 4.78 is 32.5. The Morgan fingerprint density at radius 3 is 2.61 bits per heavy atom. The number of hydrogen-bond acceptors (Lipinski definition) is 5. The normalized spacial score (nSPS) is 12.2. The third-order valence-corrected chi connectivity index (χ3v) is 4.47. The maximum atomic E-state index is 12.3. The average molecular weight is 276 g/mol. The molecule has 0 bridgehead atoms. The molecule has 0 atom stereocenters. The highest BCUT2D eigenvalue weighted by atomic mass is 32.2. The predicted octanol–water partition coefficient (Wildman–Crippen LogP) is 0.0494. The minimum atomic E-state index is -3.60. The van der Waals surface area contributed by atoms with Crippen LogP contribution < -0.4 is 5.73 Å². The van der Waals surface area contributed by atoms with E-state index >= 15 is 0 Å². The maximum absolute atomic E-state index is 12.3. The van der Waals surface area contributed by atoms with Crippen molar-refractivity contribution in [2.75, 3.05) is 32.0 Å². The first kappa shape index (κ1) is 14.9. The van der Waals surface area contributed by atoms with Crippen LogP contribution in [0.15, 0.2) is 11.1 Å². The molecule has 0 radical (unpaired) electrons. The third kappa shape index (κ3) is 3.21. The molecule has 0 unspecified atom stereocenters. The van der Waals surface area contributed by atoms with Crippen molar-refractivity contribution in [3.05, 3.63) is 6.20 Å². The molecule has 1 rings (SSSR count). The Balaban J connectivity index is 2.92. The van der Waals surface area contributed by atoms with E-state index in [1.165, 1.54) is 15.2 Å². The van der Waals surface area contributed by atoms with Crippen LogP contribution in [-0.2, 0) is 21.8 Å². The molecule has 0 aromatic carbocycles. The van der Waals surface area contributed by atoms with E-state index in [1.807, 2.05) is 6.92 Å². The van der Waals surface area contributed by atoms with E-state index in [0.29, 0.717) is 26.3 Å². The number of rotatable bonds is 7. The van der Waals surface area contributed by atoms with E-state index in [0.717, 1.165) is 0 Å². The second-order valence-electron chi connectivity index (χ2n) is 3.75. The largest absolute Gasteiger partial charge is 0.381 e. The summed E-state index contributed by atoms with van der Waals surface area (Å²) in [6, 6.07) is 0. The van der Waals surface area contributed by atoms with Crippen LogP contribution in [-0.4, -0.2) is 48.8 Å². The number of sulfonamides is 1.